The molecule has 0 N–H and O–H groups in total. The quantitative estimate of drug-likeness (QED) is 0.164. The van der Waals surface area contributed by atoms with Crippen LogP contribution in [0.15, 0.2) is 205 Å². The van der Waals surface area contributed by atoms with Crippen molar-refractivity contribution in [3.8, 4) is 67.1 Å². The van der Waals surface area contributed by atoms with Crippen molar-refractivity contribution in [1.29, 1.82) is 0 Å². The molecule has 2 nitrogen and oxygen atoms in total. The Labute approximate surface area is 308 Å². The summed E-state index contributed by atoms with van der Waals surface area (Å²) in [6.07, 6.45) is 0. The Hall–Kier alpha value is -7.03. The van der Waals surface area contributed by atoms with Crippen LogP contribution in [0.4, 0.5) is 0 Å². The molecule has 1 aromatic heterocycles. The zero-order valence-corrected chi connectivity index (χ0v) is 28.9. The van der Waals surface area contributed by atoms with E-state index in [4.69, 9.17) is 9.40 Å². The molecule has 1 heterocycles. The molecule has 53 heavy (non-hydrogen) atoms. The predicted octanol–water partition coefficient (Wildman–Crippen LogP) is 14.1. The largest absolute Gasteiger partial charge is 0.436 e. The highest BCUT2D eigenvalue weighted by Crippen LogP contribution is 2.46. The van der Waals surface area contributed by atoms with Crippen LogP contribution < -0.4 is 0 Å². The van der Waals surface area contributed by atoms with Gasteiger partial charge < -0.3 is 4.42 Å². The van der Waals surface area contributed by atoms with E-state index in [9.17, 15) is 0 Å². The highest BCUT2D eigenvalue weighted by Gasteiger charge is 2.19. The zero-order chi connectivity index (χ0) is 35.1. The Morgan fingerprint density at radius 1 is 0.283 bits per heavy atom. The fourth-order valence-corrected chi connectivity index (χ4v) is 7.75. The number of nitrogens with zero attached hydrogens (tertiary/aromatic N) is 1. The van der Waals surface area contributed by atoms with Crippen LogP contribution in [0, 0.1) is 0 Å². The lowest BCUT2D eigenvalue weighted by Gasteiger charge is -2.19. The Morgan fingerprint density at radius 2 is 0.717 bits per heavy atom. The molecule has 248 valence electrons. The van der Waals surface area contributed by atoms with Crippen molar-refractivity contribution in [3.05, 3.63) is 200 Å². The maximum absolute atomic E-state index is 6.09. The van der Waals surface area contributed by atoms with Crippen LogP contribution in [-0.4, -0.2) is 4.98 Å². The van der Waals surface area contributed by atoms with Gasteiger partial charge in [-0.1, -0.05) is 158 Å². The Balaban J connectivity index is 1.19. The molecular weight excluding hydrogens is 643 g/mol. The average molecular weight is 676 g/mol. The smallest absolute Gasteiger partial charge is 0.227 e. The van der Waals surface area contributed by atoms with Crippen molar-refractivity contribution < 1.29 is 4.42 Å². The van der Waals surface area contributed by atoms with E-state index in [2.05, 4.69) is 176 Å². The summed E-state index contributed by atoms with van der Waals surface area (Å²) in [6.45, 7) is 0. The van der Waals surface area contributed by atoms with Gasteiger partial charge in [-0.2, -0.15) is 0 Å². The molecule has 0 amide bonds. The molecule has 0 saturated carbocycles. The summed E-state index contributed by atoms with van der Waals surface area (Å²) in [5.74, 6) is 0.630. The van der Waals surface area contributed by atoms with E-state index in [0.717, 1.165) is 27.8 Å². The van der Waals surface area contributed by atoms with Gasteiger partial charge in [0, 0.05) is 5.56 Å². The van der Waals surface area contributed by atoms with Crippen LogP contribution >= 0.6 is 0 Å². The summed E-state index contributed by atoms with van der Waals surface area (Å²) in [5, 5.41) is 4.91. The second kappa shape index (κ2) is 12.9. The molecule has 0 radical (unpaired) electrons. The van der Waals surface area contributed by atoms with Gasteiger partial charge in [-0.05, 0) is 120 Å². The highest BCUT2D eigenvalue weighted by atomic mass is 16.3. The number of hydrogen-bond donors (Lipinski definition) is 0. The van der Waals surface area contributed by atoms with Gasteiger partial charge in [-0.15, -0.1) is 0 Å². The van der Waals surface area contributed by atoms with Crippen molar-refractivity contribution in [2.24, 2.45) is 0 Å². The third-order valence-corrected chi connectivity index (χ3v) is 10.3. The summed E-state index contributed by atoms with van der Waals surface area (Å²) in [5.41, 5.74) is 14.6. The lowest BCUT2D eigenvalue weighted by Crippen LogP contribution is -1.92. The van der Waals surface area contributed by atoms with Gasteiger partial charge >= 0.3 is 0 Å². The second-order valence-corrected chi connectivity index (χ2v) is 13.5. The van der Waals surface area contributed by atoms with Crippen LogP contribution in [0.5, 0.6) is 0 Å². The van der Waals surface area contributed by atoms with Crippen LogP contribution in [0.25, 0.3) is 99.7 Å². The average Bonchev–Trinajstić information content (AvgIpc) is 3.68. The van der Waals surface area contributed by atoms with Crippen molar-refractivity contribution in [2.75, 3.05) is 0 Å². The van der Waals surface area contributed by atoms with Crippen molar-refractivity contribution in [3.63, 3.8) is 0 Å². The molecule has 0 spiro atoms. The van der Waals surface area contributed by atoms with Crippen LogP contribution in [-0.2, 0) is 0 Å². The molecule has 10 rings (SSSR count). The van der Waals surface area contributed by atoms with Crippen LogP contribution in [0.2, 0.25) is 0 Å². The minimum Gasteiger partial charge on any atom is -0.436 e. The summed E-state index contributed by atoms with van der Waals surface area (Å²) in [6, 6.07) is 71.6. The third kappa shape index (κ3) is 5.58. The maximum Gasteiger partial charge on any atom is 0.227 e. The Morgan fingerprint density at radius 3 is 1.34 bits per heavy atom. The van der Waals surface area contributed by atoms with Crippen LogP contribution in [0.1, 0.15) is 0 Å². The van der Waals surface area contributed by atoms with Crippen LogP contribution in [0.3, 0.4) is 0 Å². The zero-order valence-electron chi connectivity index (χ0n) is 28.9. The van der Waals surface area contributed by atoms with Crippen molar-refractivity contribution >= 4 is 32.6 Å². The molecule has 10 aromatic rings. The summed E-state index contributed by atoms with van der Waals surface area (Å²) in [7, 11) is 0. The normalized spacial score (nSPS) is 11.4. The topological polar surface area (TPSA) is 26.0 Å². The van der Waals surface area contributed by atoms with Crippen molar-refractivity contribution in [1.82, 2.24) is 4.98 Å². The second-order valence-electron chi connectivity index (χ2n) is 13.5. The molecule has 2 heteroatoms. The number of rotatable bonds is 6. The van der Waals surface area contributed by atoms with Gasteiger partial charge in [0.2, 0.25) is 5.89 Å². The van der Waals surface area contributed by atoms with E-state index in [0.29, 0.717) is 5.89 Å². The monoisotopic (exact) mass is 675 g/mol. The standard InChI is InChI=1S/C51H33NO/c1-3-13-34(14-4-1)38-17-11-19-41(31-38)49-43-21-7-8-22-44(43)50(42-20-12-18-39(32-42)35-15-5-2-6-16-35)46-33-40(29-30-45(46)49)36-25-27-37(28-26-36)51-52-47-23-9-10-24-48(47)53-51/h1-33H. The molecule has 9 aromatic carbocycles. The Kier molecular flexibility index (Phi) is 7.51. The fraction of sp³-hybridized carbons (Fsp3) is 0. The molecule has 0 bridgehead atoms. The SMILES string of the molecule is c1ccc(-c2cccc(-c3c4ccccc4c(-c4cccc(-c5ccccc5)c4)c4cc(-c5ccc(-c6nc7ccccc7o6)cc5)ccc34)c2)cc1. The van der Waals surface area contributed by atoms with E-state index in [1.165, 1.54) is 66.1 Å². The summed E-state index contributed by atoms with van der Waals surface area (Å²) >= 11 is 0. The lowest BCUT2D eigenvalue weighted by molar-refractivity contribution is 0.620. The first-order chi connectivity index (χ1) is 26.3. The molecule has 0 fully saturated rings. The van der Waals surface area contributed by atoms with E-state index in [-0.39, 0.29) is 0 Å². The first-order valence-electron chi connectivity index (χ1n) is 18.0. The van der Waals surface area contributed by atoms with Crippen molar-refractivity contribution in [2.45, 2.75) is 0 Å². The van der Waals surface area contributed by atoms with Gasteiger partial charge in [0.1, 0.15) is 5.52 Å². The van der Waals surface area contributed by atoms with E-state index in [1.54, 1.807) is 0 Å². The number of hydrogen-bond acceptors (Lipinski definition) is 2. The fourth-order valence-electron chi connectivity index (χ4n) is 7.75. The van der Waals surface area contributed by atoms with E-state index < -0.39 is 0 Å². The minimum absolute atomic E-state index is 0.630. The number of aromatic nitrogens is 1. The molecule has 0 aliphatic rings. The van der Waals surface area contributed by atoms with Gasteiger partial charge in [0.25, 0.3) is 0 Å². The Bertz CT molecular complexity index is 2890. The third-order valence-electron chi connectivity index (χ3n) is 10.3. The van der Waals surface area contributed by atoms with Gasteiger partial charge in [0.15, 0.2) is 5.58 Å². The van der Waals surface area contributed by atoms with E-state index >= 15 is 0 Å². The molecule has 0 atom stereocenters. The minimum atomic E-state index is 0.630. The first kappa shape index (κ1) is 30.8. The summed E-state index contributed by atoms with van der Waals surface area (Å²) < 4.78 is 6.09. The maximum atomic E-state index is 6.09. The number of fused-ring (bicyclic) bond motifs is 3. The summed E-state index contributed by atoms with van der Waals surface area (Å²) in [4.78, 5) is 4.73. The molecule has 0 aliphatic carbocycles. The predicted molar refractivity (Wildman–Crippen MR) is 222 cm³/mol. The number of oxazole rings is 1. The molecule has 0 saturated heterocycles. The van der Waals surface area contributed by atoms with Gasteiger partial charge in [-0.3, -0.25) is 0 Å². The molecule has 0 unspecified atom stereocenters. The lowest BCUT2D eigenvalue weighted by atomic mass is 9.84. The number of para-hydroxylation sites is 2. The number of benzene rings is 9. The van der Waals surface area contributed by atoms with Gasteiger partial charge in [-0.25, -0.2) is 4.98 Å². The highest BCUT2D eigenvalue weighted by molar-refractivity contribution is 6.22. The van der Waals surface area contributed by atoms with Gasteiger partial charge in [0.05, 0.1) is 0 Å². The van der Waals surface area contributed by atoms with E-state index in [1.807, 2.05) is 24.3 Å². The first-order valence-corrected chi connectivity index (χ1v) is 18.0. The molecular formula is C51H33NO. The molecule has 0 aliphatic heterocycles.